The Balaban J connectivity index is 0.000000750. The second kappa shape index (κ2) is 3.55. The van der Waals surface area contributed by atoms with Crippen molar-refractivity contribution < 1.29 is 0 Å². The van der Waals surface area contributed by atoms with Crippen LogP contribution in [0, 0.1) is 0 Å². The summed E-state index contributed by atoms with van der Waals surface area (Å²) in [5.74, 6) is 1.09. The van der Waals surface area contributed by atoms with E-state index >= 15 is 0 Å². The summed E-state index contributed by atoms with van der Waals surface area (Å²) >= 11 is 1.94. The summed E-state index contributed by atoms with van der Waals surface area (Å²) < 4.78 is 0.0590. The number of halogens is 1. The maximum atomic E-state index is 4.42. The van der Waals surface area contributed by atoms with Crippen LogP contribution < -0.4 is 0 Å². The fourth-order valence-corrected chi connectivity index (χ4v) is 3.23. The van der Waals surface area contributed by atoms with Crippen LogP contribution in [-0.4, -0.2) is 16.2 Å². The van der Waals surface area contributed by atoms with Gasteiger partial charge in [-0.2, -0.15) is 0 Å². The van der Waals surface area contributed by atoms with Crippen molar-refractivity contribution in [2.75, 3.05) is 5.75 Å². The lowest BCUT2D eigenvalue weighted by Gasteiger charge is -2.30. The zero-order valence-corrected chi connectivity index (χ0v) is 10.0. The van der Waals surface area contributed by atoms with E-state index in [4.69, 9.17) is 0 Å². The van der Waals surface area contributed by atoms with Crippen LogP contribution >= 0.6 is 28.7 Å². The van der Waals surface area contributed by atoms with E-state index in [1.54, 1.807) is 0 Å². The van der Waals surface area contributed by atoms with Gasteiger partial charge in [0.2, 0.25) is 0 Å². The molecule has 0 saturated heterocycles. The number of allylic oxidation sites excluding steroid dienone is 4. The summed E-state index contributed by atoms with van der Waals surface area (Å²) in [6, 6.07) is 0. The molecule has 1 nitrogen and oxygen atoms in total. The lowest BCUT2D eigenvalue weighted by atomic mass is 9.88. The lowest BCUT2D eigenvalue weighted by Crippen LogP contribution is -2.34. The minimum Gasteiger partial charge on any atom is -0.259 e. The molecule has 0 aromatic carbocycles. The first-order valence-corrected chi connectivity index (χ1v) is 5.36. The van der Waals surface area contributed by atoms with Crippen molar-refractivity contribution in [1.29, 1.82) is 0 Å². The van der Waals surface area contributed by atoms with E-state index in [-0.39, 0.29) is 21.7 Å². The van der Waals surface area contributed by atoms with Crippen molar-refractivity contribution >= 4 is 34.5 Å². The van der Waals surface area contributed by atoms with E-state index in [2.05, 4.69) is 41.4 Å². The average molecular weight is 268 g/mol. The van der Waals surface area contributed by atoms with Gasteiger partial charge in [0.25, 0.3) is 0 Å². The predicted molar refractivity (Wildman–Crippen MR) is 68.4 cm³/mol. The highest BCUT2D eigenvalue weighted by atomic mass is 79.9. The molecule has 1 atom stereocenters. The highest BCUT2D eigenvalue weighted by molar-refractivity contribution is 8.93. The number of thioether (sulfide) groups is 1. The van der Waals surface area contributed by atoms with Gasteiger partial charge in [-0.3, -0.25) is 4.99 Å². The van der Waals surface area contributed by atoms with Gasteiger partial charge in [0.15, 0.2) is 0 Å². The molecule has 0 bridgehead atoms. The molecule has 2 aliphatic heterocycles. The van der Waals surface area contributed by atoms with Crippen LogP contribution in [0.1, 0.15) is 0 Å². The monoisotopic (exact) mass is 267 g/mol. The average Bonchev–Trinajstić information content (AvgIpc) is 2.58. The summed E-state index contributed by atoms with van der Waals surface area (Å²) in [4.78, 5) is 4.42. The minimum absolute atomic E-state index is 0. The van der Waals surface area contributed by atoms with Gasteiger partial charge in [0, 0.05) is 12.0 Å². The third-order valence-electron chi connectivity index (χ3n) is 2.59. The van der Waals surface area contributed by atoms with E-state index < -0.39 is 0 Å². The summed E-state index contributed by atoms with van der Waals surface area (Å²) in [7, 11) is 0. The highest BCUT2D eigenvalue weighted by Gasteiger charge is 2.40. The van der Waals surface area contributed by atoms with Crippen LogP contribution in [0.4, 0.5) is 0 Å². The molecule has 0 N–H and O–H groups in total. The van der Waals surface area contributed by atoms with Crippen molar-refractivity contribution in [3.63, 3.8) is 0 Å². The fraction of sp³-hybridized carbons (Fsp3) is 0.182. The highest BCUT2D eigenvalue weighted by Crippen LogP contribution is 2.45. The summed E-state index contributed by atoms with van der Waals surface area (Å²) in [5, 5.41) is 0. The molecule has 14 heavy (non-hydrogen) atoms. The number of aliphatic imine (C=N–C) groups is 1. The first kappa shape index (κ1) is 9.99. The molecule has 3 rings (SSSR count). The summed E-state index contributed by atoms with van der Waals surface area (Å²) in [6.07, 6.45) is 14.8. The largest absolute Gasteiger partial charge is 0.259 e. The number of nitrogens with zero attached hydrogens (tertiary/aromatic N) is 1. The SMILES string of the molecule is Br.C1=CC2=NC=CC3=CCSC32C=C1. The van der Waals surface area contributed by atoms with E-state index in [0.29, 0.717) is 0 Å². The van der Waals surface area contributed by atoms with Gasteiger partial charge in [-0.05, 0) is 17.7 Å². The molecule has 0 radical (unpaired) electrons. The number of hydrogen-bond acceptors (Lipinski definition) is 2. The Morgan fingerprint density at radius 1 is 1.29 bits per heavy atom. The maximum absolute atomic E-state index is 4.42. The molecule has 1 spiro atoms. The van der Waals surface area contributed by atoms with Crippen LogP contribution in [0.3, 0.4) is 0 Å². The zero-order chi connectivity index (χ0) is 8.73. The minimum atomic E-state index is 0. The van der Waals surface area contributed by atoms with Crippen LogP contribution in [0.5, 0.6) is 0 Å². The van der Waals surface area contributed by atoms with Crippen LogP contribution in [0.2, 0.25) is 0 Å². The van der Waals surface area contributed by atoms with Crippen molar-refractivity contribution in [1.82, 2.24) is 0 Å². The molecular weight excluding hydrogens is 258 g/mol. The fourth-order valence-electron chi connectivity index (χ4n) is 1.94. The van der Waals surface area contributed by atoms with Gasteiger partial charge in [0.05, 0.1) is 5.71 Å². The Bertz CT molecular complexity index is 404. The quantitative estimate of drug-likeness (QED) is 0.657. The molecule has 1 aliphatic carbocycles. The first-order chi connectivity index (χ1) is 6.42. The second-order valence-electron chi connectivity index (χ2n) is 3.25. The number of rotatable bonds is 0. The van der Waals surface area contributed by atoms with Crippen molar-refractivity contribution in [3.8, 4) is 0 Å². The van der Waals surface area contributed by atoms with Gasteiger partial charge >= 0.3 is 0 Å². The zero-order valence-electron chi connectivity index (χ0n) is 7.51. The van der Waals surface area contributed by atoms with E-state index in [9.17, 15) is 0 Å². The topological polar surface area (TPSA) is 12.4 Å². The standard InChI is InChI=1S/C11H9NS.BrH/c1-2-6-11-9(5-8-13-11)4-7-12-10(11)3-1;/h1-7H,8H2;1H. The third-order valence-corrected chi connectivity index (χ3v) is 3.96. The van der Waals surface area contributed by atoms with E-state index in [1.807, 2.05) is 18.0 Å². The molecule has 0 amide bonds. The summed E-state index contributed by atoms with van der Waals surface area (Å²) in [6.45, 7) is 0. The van der Waals surface area contributed by atoms with Crippen LogP contribution in [0.25, 0.3) is 0 Å². The van der Waals surface area contributed by atoms with Gasteiger partial charge < -0.3 is 0 Å². The first-order valence-electron chi connectivity index (χ1n) is 4.37. The Morgan fingerprint density at radius 2 is 2.21 bits per heavy atom. The lowest BCUT2D eigenvalue weighted by molar-refractivity contribution is 1.11. The van der Waals surface area contributed by atoms with Crippen molar-refractivity contribution in [3.05, 3.63) is 48.2 Å². The molecule has 0 aromatic rings. The summed E-state index contributed by atoms with van der Waals surface area (Å²) in [5.41, 5.74) is 2.56. The molecule has 0 aromatic heterocycles. The maximum Gasteiger partial charge on any atom is 0.101 e. The molecular formula is C11H10BrNS. The molecule has 2 heterocycles. The molecule has 3 aliphatic rings. The second-order valence-corrected chi connectivity index (χ2v) is 4.52. The van der Waals surface area contributed by atoms with Crippen molar-refractivity contribution in [2.45, 2.75) is 4.75 Å². The Morgan fingerprint density at radius 3 is 3.14 bits per heavy atom. The Kier molecular flexibility index (Phi) is 2.54. The molecule has 0 saturated carbocycles. The molecule has 0 fully saturated rings. The third kappa shape index (κ3) is 1.19. The predicted octanol–water partition coefficient (Wildman–Crippen LogP) is 3.07. The van der Waals surface area contributed by atoms with Gasteiger partial charge in [-0.1, -0.05) is 24.3 Å². The van der Waals surface area contributed by atoms with Crippen molar-refractivity contribution in [2.24, 2.45) is 4.99 Å². The van der Waals surface area contributed by atoms with E-state index in [0.717, 1.165) is 5.75 Å². The van der Waals surface area contributed by atoms with Crippen LogP contribution in [-0.2, 0) is 0 Å². The Labute approximate surface area is 98.1 Å². The van der Waals surface area contributed by atoms with E-state index in [1.165, 1.54) is 11.3 Å². The normalized spacial score (nSPS) is 31.4. The smallest absolute Gasteiger partial charge is 0.101 e. The van der Waals surface area contributed by atoms with Gasteiger partial charge in [-0.25, -0.2) is 0 Å². The van der Waals surface area contributed by atoms with Crippen LogP contribution in [0.15, 0.2) is 53.2 Å². The molecule has 3 heteroatoms. The molecule has 72 valence electrons. The van der Waals surface area contributed by atoms with Gasteiger partial charge in [-0.15, -0.1) is 28.7 Å². The molecule has 1 unspecified atom stereocenters. The van der Waals surface area contributed by atoms with Gasteiger partial charge in [0.1, 0.15) is 4.75 Å². The Hall–Kier alpha value is -0.540. The number of hydrogen-bond donors (Lipinski definition) is 0.